The first-order valence-electron chi connectivity index (χ1n) is 5.41. The average molecular weight is 342 g/mol. The van der Waals surface area contributed by atoms with Crippen LogP contribution < -0.4 is 4.83 Å². The Hall–Kier alpha value is -1.60. The molecule has 0 amide bonds. The minimum atomic E-state index is -3.62. The number of hydrogen-bond acceptors (Lipinski definition) is 3. The molecule has 0 bridgehead atoms. The monoisotopic (exact) mass is 341 g/mol. The zero-order chi connectivity index (χ0) is 13.9. The van der Waals surface area contributed by atoms with Gasteiger partial charge in [0.05, 0.1) is 16.8 Å². The summed E-state index contributed by atoms with van der Waals surface area (Å²) >= 11 is 3.25. The third kappa shape index (κ3) is 3.45. The lowest BCUT2D eigenvalue weighted by Crippen LogP contribution is -2.18. The van der Waals surface area contributed by atoms with Crippen LogP contribution in [0.15, 0.2) is 57.1 Å². The van der Waals surface area contributed by atoms with Crippen molar-refractivity contribution in [2.45, 2.75) is 4.90 Å². The lowest BCUT2D eigenvalue weighted by Gasteiger charge is -2.03. The number of nitrogens with zero attached hydrogens (tertiary/aromatic N) is 2. The maximum atomic E-state index is 11.9. The zero-order valence-electron chi connectivity index (χ0n) is 10.1. The summed E-state index contributed by atoms with van der Waals surface area (Å²) in [5.41, 5.74) is 0.804. The number of sulfonamides is 1. The molecule has 1 aromatic heterocycles. The van der Waals surface area contributed by atoms with E-state index >= 15 is 0 Å². The van der Waals surface area contributed by atoms with Crippen molar-refractivity contribution in [1.82, 2.24) is 9.40 Å². The second kappa shape index (κ2) is 5.58. The number of aryl methyl sites for hydroxylation is 1. The van der Waals surface area contributed by atoms with Gasteiger partial charge in [0.1, 0.15) is 0 Å². The molecule has 1 N–H and O–H groups in total. The zero-order valence-corrected chi connectivity index (χ0v) is 12.5. The maximum Gasteiger partial charge on any atom is 0.276 e. The molecular weight excluding hydrogens is 330 g/mol. The van der Waals surface area contributed by atoms with Crippen LogP contribution >= 0.6 is 15.9 Å². The molecule has 19 heavy (non-hydrogen) atoms. The molecule has 0 aliphatic carbocycles. The van der Waals surface area contributed by atoms with Gasteiger partial charge in [-0.2, -0.15) is 13.5 Å². The van der Waals surface area contributed by atoms with Crippen LogP contribution in [-0.4, -0.2) is 19.2 Å². The van der Waals surface area contributed by atoms with Crippen LogP contribution in [0.4, 0.5) is 0 Å². The van der Waals surface area contributed by atoms with Gasteiger partial charge in [-0.15, -0.1) is 0 Å². The summed E-state index contributed by atoms with van der Waals surface area (Å²) < 4.78 is 26.5. The summed E-state index contributed by atoms with van der Waals surface area (Å²) in [6.07, 6.45) is 3.31. The Kier molecular flexibility index (Phi) is 4.06. The lowest BCUT2D eigenvalue weighted by molar-refractivity contribution is 0.584. The highest BCUT2D eigenvalue weighted by atomic mass is 79.9. The summed E-state index contributed by atoms with van der Waals surface area (Å²) in [7, 11) is -1.77. The van der Waals surface area contributed by atoms with E-state index in [9.17, 15) is 8.42 Å². The Morgan fingerprint density at radius 2 is 1.95 bits per heavy atom. The predicted molar refractivity (Wildman–Crippen MR) is 77.5 cm³/mol. The second-order valence-corrected chi connectivity index (χ2v) is 6.43. The Morgan fingerprint density at radius 1 is 1.26 bits per heavy atom. The molecule has 0 atom stereocenters. The number of benzene rings is 1. The number of halogens is 1. The molecule has 0 aliphatic rings. The van der Waals surface area contributed by atoms with Gasteiger partial charge in [0.2, 0.25) is 0 Å². The van der Waals surface area contributed by atoms with Gasteiger partial charge >= 0.3 is 0 Å². The first-order chi connectivity index (χ1) is 8.99. The van der Waals surface area contributed by atoms with Gasteiger partial charge in [-0.05, 0) is 36.4 Å². The number of aromatic nitrogens is 1. The third-order valence-electron chi connectivity index (χ3n) is 2.48. The fourth-order valence-corrected chi connectivity index (χ4v) is 2.49. The molecule has 1 aromatic carbocycles. The van der Waals surface area contributed by atoms with Crippen LogP contribution in [0, 0.1) is 0 Å². The smallest absolute Gasteiger partial charge is 0.276 e. The van der Waals surface area contributed by atoms with E-state index < -0.39 is 10.0 Å². The van der Waals surface area contributed by atoms with E-state index in [-0.39, 0.29) is 4.90 Å². The molecule has 0 aliphatic heterocycles. The first-order valence-corrected chi connectivity index (χ1v) is 7.68. The molecule has 5 nitrogen and oxygen atoms in total. The van der Waals surface area contributed by atoms with Crippen molar-refractivity contribution in [2.24, 2.45) is 12.1 Å². The topological polar surface area (TPSA) is 63.5 Å². The van der Waals surface area contributed by atoms with Crippen LogP contribution in [0.1, 0.15) is 5.69 Å². The quantitative estimate of drug-likeness (QED) is 0.683. The molecule has 0 unspecified atom stereocenters. The van der Waals surface area contributed by atoms with Crippen molar-refractivity contribution >= 4 is 32.2 Å². The van der Waals surface area contributed by atoms with E-state index in [0.29, 0.717) is 0 Å². The molecule has 7 heteroatoms. The van der Waals surface area contributed by atoms with Crippen molar-refractivity contribution in [3.8, 4) is 0 Å². The Morgan fingerprint density at radius 3 is 2.53 bits per heavy atom. The summed E-state index contributed by atoms with van der Waals surface area (Å²) in [6, 6.07) is 10.0. The Bertz CT molecular complexity index is 690. The fraction of sp³-hybridized carbons (Fsp3) is 0.0833. The van der Waals surface area contributed by atoms with Crippen LogP contribution in [0.2, 0.25) is 0 Å². The highest BCUT2D eigenvalue weighted by molar-refractivity contribution is 9.10. The van der Waals surface area contributed by atoms with Crippen molar-refractivity contribution < 1.29 is 8.42 Å². The molecule has 0 spiro atoms. The van der Waals surface area contributed by atoms with Crippen molar-refractivity contribution in [2.75, 3.05) is 0 Å². The standard InChI is InChI=1S/C12H12BrN3O2S/c1-16-8-2-3-11(16)9-14-15-19(17,18)12-6-4-10(13)5-7-12/h2-9,15H,1H3. The van der Waals surface area contributed by atoms with E-state index in [4.69, 9.17) is 0 Å². The molecule has 2 rings (SSSR count). The maximum absolute atomic E-state index is 11.9. The van der Waals surface area contributed by atoms with Crippen LogP contribution in [0.5, 0.6) is 0 Å². The molecule has 2 aromatic rings. The van der Waals surface area contributed by atoms with Crippen LogP contribution in [0.3, 0.4) is 0 Å². The van der Waals surface area contributed by atoms with Gasteiger partial charge in [0.15, 0.2) is 0 Å². The highest BCUT2D eigenvalue weighted by Gasteiger charge is 2.11. The van der Waals surface area contributed by atoms with Gasteiger partial charge in [-0.25, -0.2) is 4.83 Å². The highest BCUT2D eigenvalue weighted by Crippen LogP contribution is 2.14. The molecular formula is C12H12BrN3O2S. The van der Waals surface area contributed by atoms with Gasteiger partial charge in [-0.3, -0.25) is 0 Å². The number of hydrogen-bond donors (Lipinski definition) is 1. The summed E-state index contributed by atoms with van der Waals surface area (Å²) in [5.74, 6) is 0. The summed E-state index contributed by atoms with van der Waals surface area (Å²) in [6.45, 7) is 0. The largest absolute Gasteiger partial charge is 0.350 e. The minimum Gasteiger partial charge on any atom is -0.350 e. The van der Waals surface area contributed by atoms with E-state index in [1.54, 1.807) is 12.1 Å². The average Bonchev–Trinajstić information content (AvgIpc) is 2.75. The Labute approximate surface area is 120 Å². The number of rotatable bonds is 4. The van der Waals surface area contributed by atoms with Gasteiger partial charge in [-0.1, -0.05) is 15.9 Å². The second-order valence-electron chi connectivity index (χ2n) is 3.85. The van der Waals surface area contributed by atoms with Gasteiger partial charge < -0.3 is 4.57 Å². The molecule has 0 radical (unpaired) electrons. The normalized spacial score (nSPS) is 11.9. The van der Waals surface area contributed by atoms with Crippen molar-refractivity contribution in [3.05, 3.63) is 52.8 Å². The van der Waals surface area contributed by atoms with E-state index in [1.807, 2.05) is 29.9 Å². The predicted octanol–water partition coefficient (Wildman–Crippen LogP) is 2.10. The van der Waals surface area contributed by atoms with Crippen LogP contribution in [-0.2, 0) is 17.1 Å². The van der Waals surface area contributed by atoms with Crippen LogP contribution in [0.25, 0.3) is 0 Å². The molecule has 0 fully saturated rings. The summed E-state index contributed by atoms with van der Waals surface area (Å²) in [5, 5.41) is 3.75. The lowest BCUT2D eigenvalue weighted by atomic mass is 10.4. The van der Waals surface area contributed by atoms with Gasteiger partial charge in [0.25, 0.3) is 10.0 Å². The summed E-state index contributed by atoms with van der Waals surface area (Å²) in [4.78, 5) is 2.34. The van der Waals surface area contributed by atoms with E-state index in [2.05, 4.69) is 25.9 Å². The molecule has 1 heterocycles. The van der Waals surface area contributed by atoms with E-state index in [0.717, 1.165) is 10.2 Å². The fourth-order valence-electron chi connectivity index (χ4n) is 1.44. The SMILES string of the molecule is Cn1cccc1C=NNS(=O)(=O)c1ccc(Br)cc1. The van der Waals surface area contributed by atoms with Crippen molar-refractivity contribution in [1.29, 1.82) is 0 Å². The number of hydrazone groups is 1. The number of nitrogens with one attached hydrogen (secondary N) is 1. The first kappa shape index (κ1) is 13.8. The van der Waals surface area contributed by atoms with E-state index in [1.165, 1.54) is 18.3 Å². The Balaban J connectivity index is 2.12. The third-order valence-corrected chi connectivity index (χ3v) is 4.24. The molecule has 0 saturated heterocycles. The minimum absolute atomic E-state index is 0.166. The molecule has 100 valence electrons. The van der Waals surface area contributed by atoms with Crippen molar-refractivity contribution in [3.63, 3.8) is 0 Å². The molecule has 0 saturated carbocycles. The van der Waals surface area contributed by atoms with Gasteiger partial charge in [0, 0.05) is 17.7 Å².